The molecule has 6 nitrogen and oxygen atoms in total. The van der Waals surface area contributed by atoms with Crippen LogP contribution in [0.1, 0.15) is 17.0 Å². The minimum Gasteiger partial charge on any atom is -0.375 e. The molecule has 1 amide bonds. The van der Waals surface area contributed by atoms with Crippen LogP contribution in [-0.2, 0) is 17.8 Å². The highest BCUT2D eigenvalue weighted by Crippen LogP contribution is 2.19. The summed E-state index contributed by atoms with van der Waals surface area (Å²) in [6.45, 7) is 2.97. The third kappa shape index (κ3) is 4.42. The highest BCUT2D eigenvalue weighted by molar-refractivity contribution is 7.15. The molecule has 2 aromatic rings. The molecule has 0 aliphatic heterocycles. The Morgan fingerprint density at radius 1 is 1.48 bits per heavy atom. The van der Waals surface area contributed by atoms with Crippen LogP contribution in [0.3, 0.4) is 0 Å². The number of hydrogen-bond acceptors (Lipinski definition) is 5. The van der Waals surface area contributed by atoms with Crippen molar-refractivity contribution in [1.29, 1.82) is 0 Å². The maximum Gasteiger partial charge on any atom is 0.250 e. The normalized spacial score (nSPS) is 10.5. The number of rotatable bonds is 6. The zero-order valence-electron chi connectivity index (χ0n) is 11.8. The van der Waals surface area contributed by atoms with Crippen molar-refractivity contribution in [2.45, 2.75) is 26.3 Å². The van der Waals surface area contributed by atoms with Crippen molar-refractivity contribution < 1.29 is 4.79 Å². The summed E-state index contributed by atoms with van der Waals surface area (Å²) in [5.41, 5.74) is 6.38. The average Bonchev–Trinajstić information content (AvgIpc) is 2.75. The van der Waals surface area contributed by atoms with Gasteiger partial charge in [0.15, 0.2) is 5.13 Å². The van der Waals surface area contributed by atoms with Crippen LogP contribution in [-0.4, -0.2) is 22.0 Å². The molecule has 0 unspecified atom stereocenters. The Morgan fingerprint density at radius 2 is 2.29 bits per heavy atom. The molecule has 0 atom stereocenters. The summed E-state index contributed by atoms with van der Waals surface area (Å²) in [5, 5.41) is 3.33. The van der Waals surface area contributed by atoms with Crippen molar-refractivity contribution in [3.63, 3.8) is 0 Å². The second-order valence-electron chi connectivity index (χ2n) is 4.67. The fourth-order valence-corrected chi connectivity index (χ4v) is 2.78. The standard InChI is InChI=1S/C14H18N4O2S/c1-10-11(21-14(15)17-10)9-12(19)16-6-4-8-18-7-3-2-5-13(18)20/h2-3,5,7H,4,6,8-9H2,1H3,(H2,15,17)(H,16,19). The van der Waals surface area contributed by atoms with Gasteiger partial charge in [0.05, 0.1) is 12.1 Å². The van der Waals surface area contributed by atoms with Crippen molar-refractivity contribution in [1.82, 2.24) is 14.9 Å². The Hall–Kier alpha value is -2.15. The Labute approximate surface area is 126 Å². The van der Waals surface area contributed by atoms with Crippen molar-refractivity contribution in [3.8, 4) is 0 Å². The minimum absolute atomic E-state index is 0.0282. The summed E-state index contributed by atoms with van der Waals surface area (Å²) in [6.07, 6.45) is 2.75. The number of thiazole rings is 1. The van der Waals surface area contributed by atoms with E-state index >= 15 is 0 Å². The molecule has 0 radical (unpaired) electrons. The summed E-state index contributed by atoms with van der Waals surface area (Å²) >= 11 is 1.34. The fraction of sp³-hybridized carbons (Fsp3) is 0.357. The molecule has 0 bridgehead atoms. The summed E-state index contributed by atoms with van der Waals surface area (Å²) in [6, 6.07) is 5.05. The van der Waals surface area contributed by atoms with Crippen LogP contribution >= 0.6 is 11.3 Å². The molecule has 2 aromatic heterocycles. The van der Waals surface area contributed by atoms with Gasteiger partial charge in [-0.2, -0.15) is 0 Å². The monoisotopic (exact) mass is 306 g/mol. The molecule has 0 aliphatic rings. The van der Waals surface area contributed by atoms with E-state index in [2.05, 4.69) is 10.3 Å². The number of aromatic nitrogens is 2. The molecule has 2 heterocycles. The number of nitrogens with zero attached hydrogens (tertiary/aromatic N) is 2. The van der Waals surface area contributed by atoms with Gasteiger partial charge >= 0.3 is 0 Å². The van der Waals surface area contributed by atoms with E-state index in [-0.39, 0.29) is 11.5 Å². The van der Waals surface area contributed by atoms with Crippen LogP contribution in [0.25, 0.3) is 0 Å². The molecule has 0 saturated heterocycles. The van der Waals surface area contributed by atoms with Crippen molar-refractivity contribution >= 4 is 22.4 Å². The Balaban J connectivity index is 1.74. The predicted molar refractivity (Wildman–Crippen MR) is 83.3 cm³/mol. The van der Waals surface area contributed by atoms with E-state index in [1.807, 2.05) is 13.0 Å². The lowest BCUT2D eigenvalue weighted by molar-refractivity contribution is -0.120. The lowest BCUT2D eigenvalue weighted by Crippen LogP contribution is -2.28. The van der Waals surface area contributed by atoms with Crippen molar-refractivity contribution in [2.24, 2.45) is 0 Å². The molecule has 112 valence electrons. The van der Waals surface area contributed by atoms with E-state index in [9.17, 15) is 9.59 Å². The molecule has 0 saturated carbocycles. The van der Waals surface area contributed by atoms with Crippen LogP contribution in [0, 0.1) is 6.92 Å². The maximum atomic E-state index is 11.8. The van der Waals surface area contributed by atoms with Crippen LogP contribution in [0.4, 0.5) is 5.13 Å². The van der Waals surface area contributed by atoms with E-state index in [1.54, 1.807) is 16.8 Å². The summed E-state index contributed by atoms with van der Waals surface area (Å²) in [7, 11) is 0. The number of anilines is 1. The van der Waals surface area contributed by atoms with Gasteiger partial charge in [-0.15, -0.1) is 11.3 Å². The average molecular weight is 306 g/mol. The lowest BCUT2D eigenvalue weighted by Gasteiger charge is -2.06. The molecule has 21 heavy (non-hydrogen) atoms. The number of nitrogen functional groups attached to an aromatic ring is 1. The minimum atomic E-state index is -0.0536. The number of nitrogens with one attached hydrogen (secondary N) is 1. The second-order valence-corrected chi connectivity index (χ2v) is 5.79. The first-order valence-electron chi connectivity index (χ1n) is 6.70. The Kier molecular flexibility index (Phi) is 5.10. The quantitative estimate of drug-likeness (QED) is 0.777. The van der Waals surface area contributed by atoms with E-state index < -0.39 is 0 Å². The van der Waals surface area contributed by atoms with Crippen LogP contribution in [0.5, 0.6) is 0 Å². The number of hydrogen-bond donors (Lipinski definition) is 2. The number of pyridine rings is 1. The molecule has 3 N–H and O–H groups in total. The predicted octanol–water partition coefficient (Wildman–Crippen LogP) is 0.944. The van der Waals surface area contributed by atoms with Gasteiger partial charge in [-0.25, -0.2) is 4.98 Å². The number of nitrogens with two attached hydrogens (primary N) is 1. The molecular weight excluding hydrogens is 288 g/mol. The van der Waals surface area contributed by atoms with E-state index in [0.29, 0.717) is 31.1 Å². The van der Waals surface area contributed by atoms with E-state index in [4.69, 9.17) is 5.73 Å². The number of aryl methyl sites for hydroxylation is 2. The molecule has 7 heteroatoms. The molecular formula is C14H18N4O2S. The molecule has 0 fully saturated rings. The van der Waals surface area contributed by atoms with Gasteiger partial charge in [0.2, 0.25) is 11.5 Å². The van der Waals surface area contributed by atoms with Gasteiger partial charge in [-0.05, 0) is 19.4 Å². The third-order valence-electron chi connectivity index (χ3n) is 3.03. The first kappa shape index (κ1) is 15.2. The highest BCUT2D eigenvalue weighted by Gasteiger charge is 2.10. The zero-order valence-corrected chi connectivity index (χ0v) is 12.7. The smallest absolute Gasteiger partial charge is 0.250 e. The largest absolute Gasteiger partial charge is 0.375 e. The molecule has 0 aliphatic carbocycles. The highest BCUT2D eigenvalue weighted by atomic mass is 32.1. The summed E-state index contributed by atoms with van der Waals surface area (Å²) in [4.78, 5) is 28.3. The Morgan fingerprint density at radius 3 is 2.95 bits per heavy atom. The number of carbonyl (C=O) groups excluding carboxylic acids is 1. The molecule has 2 rings (SSSR count). The third-order valence-corrected chi connectivity index (χ3v) is 4.01. The molecule has 0 spiro atoms. The van der Waals surface area contributed by atoms with Gasteiger partial charge in [-0.3, -0.25) is 9.59 Å². The van der Waals surface area contributed by atoms with Gasteiger partial charge in [0, 0.05) is 30.2 Å². The fourth-order valence-electron chi connectivity index (χ4n) is 1.95. The number of amides is 1. The first-order chi connectivity index (χ1) is 10.1. The van der Waals surface area contributed by atoms with Gasteiger partial charge < -0.3 is 15.6 Å². The van der Waals surface area contributed by atoms with Crippen LogP contribution < -0.4 is 16.6 Å². The van der Waals surface area contributed by atoms with Gasteiger partial charge in [-0.1, -0.05) is 6.07 Å². The van der Waals surface area contributed by atoms with Crippen LogP contribution in [0.15, 0.2) is 29.2 Å². The van der Waals surface area contributed by atoms with Gasteiger partial charge in [0.25, 0.3) is 0 Å². The van der Waals surface area contributed by atoms with Crippen molar-refractivity contribution in [3.05, 3.63) is 45.3 Å². The lowest BCUT2D eigenvalue weighted by atomic mass is 10.3. The van der Waals surface area contributed by atoms with E-state index in [0.717, 1.165) is 10.6 Å². The molecule has 0 aromatic carbocycles. The maximum absolute atomic E-state index is 11.8. The topological polar surface area (TPSA) is 90.0 Å². The second kappa shape index (κ2) is 7.03. The summed E-state index contributed by atoms with van der Waals surface area (Å²) < 4.78 is 1.63. The van der Waals surface area contributed by atoms with Crippen molar-refractivity contribution in [2.75, 3.05) is 12.3 Å². The Bertz CT molecular complexity index is 678. The van der Waals surface area contributed by atoms with Gasteiger partial charge in [0.1, 0.15) is 0 Å². The summed E-state index contributed by atoms with van der Waals surface area (Å²) in [5.74, 6) is -0.0536. The first-order valence-corrected chi connectivity index (χ1v) is 7.52. The SMILES string of the molecule is Cc1nc(N)sc1CC(=O)NCCCn1ccccc1=O. The van der Waals surface area contributed by atoms with Crippen LogP contribution in [0.2, 0.25) is 0 Å². The zero-order chi connectivity index (χ0) is 15.2. The number of carbonyl (C=O) groups is 1. The van der Waals surface area contributed by atoms with E-state index in [1.165, 1.54) is 17.4 Å².